The van der Waals surface area contributed by atoms with Gasteiger partial charge in [0.1, 0.15) is 5.65 Å². The van der Waals surface area contributed by atoms with Crippen LogP contribution >= 0.6 is 0 Å². The van der Waals surface area contributed by atoms with Crippen LogP contribution < -0.4 is 21.9 Å². The summed E-state index contributed by atoms with van der Waals surface area (Å²) >= 11 is 0. The molecule has 1 aliphatic carbocycles. The number of nitrogens with one attached hydrogen (secondary N) is 2. The van der Waals surface area contributed by atoms with Crippen LogP contribution in [0.15, 0.2) is 10.9 Å². The third-order valence-electron chi connectivity index (χ3n) is 5.48. The molecular formula is C18H24N6O5. The first-order valence-corrected chi connectivity index (χ1v) is 9.58. The van der Waals surface area contributed by atoms with Crippen molar-refractivity contribution in [3.63, 3.8) is 0 Å². The number of hydrogen-bond acceptors (Lipinski definition) is 6. The molecule has 2 aromatic rings. The van der Waals surface area contributed by atoms with Crippen molar-refractivity contribution in [1.29, 1.82) is 0 Å². The molecule has 3 heterocycles. The number of hydrogen-bond donors (Lipinski definition) is 4. The Balaban J connectivity index is 1.85. The monoisotopic (exact) mass is 404 g/mol. The van der Waals surface area contributed by atoms with Gasteiger partial charge in [-0.3, -0.25) is 19.5 Å². The number of nitrogens with two attached hydrogens (primary N) is 1. The lowest BCUT2D eigenvalue weighted by Gasteiger charge is -2.34. The number of aromatic hydroxyl groups is 1. The molecule has 0 aromatic carbocycles. The van der Waals surface area contributed by atoms with Crippen molar-refractivity contribution in [3.05, 3.63) is 22.0 Å². The van der Waals surface area contributed by atoms with Gasteiger partial charge >= 0.3 is 6.03 Å². The maximum absolute atomic E-state index is 13.3. The number of carbonyl (C=O) groups is 2. The molecule has 0 radical (unpaired) electrons. The van der Waals surface area contributed by atoms with Gasteiger partial charge in [-0.1, -0.05) is 6.92 Å². The van der Waals surface area contributed by atoms with Gasteiger partial charge in [-0.15, -0.1) is 5.10 Å². The summed E-state index contributed by atoms with van der Waals surface area (Å²) in [7, 11) is 0. The first-order valence-electron chi connectivity index (χ1n) is 9.58. The fourth-order valence-electron chi connectivity index (χ4n) is 3.59. The molecule has 1 saturated carbocycles. The Bertz CT molecular complexity index is 1030. The van der Waals surface area contributed by atoms with E-state index in [4.69, 9.17) is 10.5 Å². The number of ether oxygens (including phenoxy) is 1. The largest absolute Gasteiger partial charge is 0.492 e. The first-order chi connectivity index (χ1) is 13.8. The van der Waals surface area contributed by atoms with Crippen molar-refractivity contribution in [2.24, 2.45) is 11.1 Å². The molecule has 2 aromatic heterocycles. The van der Waals surface area contributed by atoms with Gasteiger partial charge in [0.2, 0.25) is 5.88 Å². The standard InChI is InChI=1S/C18H24N6O5/c1-18(4-6-29-7-5-18)9-23-12-8-11(21-17(19)28)22-24(12)16(27)13(15(23)26)14(25)20-10-2-3-10/h8,10,27H,2-7,9H2,1H3,(H,20,25)(H3,19,21,22,28). The minimum absolute atomic E-state index is 0.0168. The van der Waals surface area contributed by atoms with E-state index >= 15 is 0 Å². The molecule has 29 heavy (non-hydrogen) atoms. The number of primary amides is 1. The summed E-state index contributed by atoms with van der Waals surface area (Å²) in [5, 5.41) is 19.8. The van der Waals surface area contributed by atoms with Crippen LogP contribution in [0.2, 0.25) is 0 Å². The molecule has 156 valence electrons. The van der Waals surface area contributed by atoms with E-state index in [1.807, 2.05) is 6.92 Å². The summed E-state index contributed by atoms with van der Waals surface area (Å²) < 4.78 is 7.93. The van der Waals surface area contributed by atoms with Gasteiger partial charge < -0.3 is 20.9 Å². The van der Waals surface area contributed by atoms with Crippen LogP contribution in [0, 0.1) is 5.41 Å². The quantitative estimate of drug-likeness (QED) is 0.566. The normalized spacial score (nSPS) is 18.5. The molecule has 2 aliphatic rings. The smallest absolute Gasteiger partial charge is 0.317 e. The molecule has 11 nitrogen and oxygen atoms in total. The number of urea groups is 1. The van der Waals surface area contributed by atoms with Gasteiger partial charge in [-0.2, -0.15) is 4.52 Å². The molecule has 0 spiro atoms. The van der Waals surface area contributed by atoms with Crippen LogP contribution in [-0.2, 0) is 11.3 Å². The third kappa shape index (κ3) is 3.77. The van der Waals surface area contributed by atoms with Gasteiger partial charge in [-0.05, 0) is 31.1 Å². The van der Waals surface area contributed by atoms with Gasteiger partial charge in [0, 0.05) is 31.9 Å². The van der Waals surface area contributed by atoms with Crippen molar-refractivity contribution < 1.29 is 19.4 Å². The Hall–Kier alpha value is -3.08. The lowest BCUT2D eigenvalue weighted by atomic mass is 9.82. The number of fused-ring (bicyclic) bond motifs is 1. The minimum atomic E-state index is -0.829. The van der Waals surface area contributed by atoms with Crippen molar-refractivity contribution in [2.75, 3.05) is 18.5 Å². The SMILES string of the molecule is CC1(Cn2c(=O)c(C(=O)NC3CC3)c(O)n3nc(NC(N)=O)cc23)CCOCC1. The summed E-state index contributed by atoms with van der Waals surface area (Å²) in [6.07, 6.45) is 3.18. The second-order valence-electron chi connectivity index (χ2n) is 8.05. The van der Waals surface area contributed by atoms with Crippen molar-refractivity contribution >= 4 is 23.4 Å². The topological polar surface area (TPSA) is 153 Å². The highest BCUT2D eigenvalue weighted by Crippen LogP contribution is 2.32. The van der Waals surface area contributed by atoms with Crippen LogP contribution in [0.1, 0.15) is 43.0 Å². The molecule has 0 unspecified atom stereocenters. The number of aromatic nitrogens is 3. The highest BCUT2D eigenvalue weighted by atomic mass is 16.5. The summed E-state index contributed by atoms with van der Waals surface area (Å²) in [6.45, 7) is 3.53. The summed E-state index contributed by atoms with van der Waals surface area (Å²) in [4.78, 5) is 37.1. The number of anilines is 1. The van der Waals surface area contributed by atoms with Crippen molar-refractivity contribution in [1.82, 2.24) is 19.5 Å². The fraction of sp³-hybridized carbons (Fsp3) is 0.556. The molecule has 1 aliphatic heterocycles. The predicted molar refractivity (Wildman–Crippen MR) is 103 cm³/mol. The van der Waals surface area contributed by atoms with Crippen molar-refractivity contribution in [3.8, 4) is 5.88 Å². The molecular weight excluding hydrogens is 380 g/mol. The third-order valence-corrected chi connectivity index (χ3v) is 5.48. The van der Waals surface area contributed by atoms with E-state index < -0.39 is 23.4 Å². The maximum atomic E-state index is 13.3. The fourth-order valence-corrected chi connectivity index (χ4v) is 3.59. The van der Waals surface area contributed by atoms with Crippen LogP contribution in [0.25, 0.3) is 5.65 Å². The number of carbonyl (C=O) groups excluding carboxylic acids is 2. The van der Waals surface area contributed by atoms with E-state index in [9.17, 15) is 19.5 Å². The minimum Gasteiger partial charge on any atom is -0.492 e. The van der Waals surface area contributed by atoms with E-state index in [1.54, 1.807) is 0 Å². The van der Waals surface area contributed by atoms with Crippen LogP contribution in [0.4, 0.5) is 10.6 Å². The Labute approximate surface area is 165 Å². The molecule has 5 N–H and O–H groups in total. The van der Waals surface area contributed by atoms with E-state index in [2.05, 4.69) is 15.7 Å². The summed E-state index contributed by atoms with van der Waals surface area (Å²) in [6, 6.07) is 0.630. The molecule has 2 fully saturated rings. The molecule has 0 bridgehead atoms. The van der Waals surface area contributed by atoms with Gasteiger partial charge in [-0.25, -0.2) is 4.79 Å². The average Bonchev–Trinajstić information content (AvgIpc) is 3.36. The Kier molecular flexibility index (Phi) is 4.69. The molecule has 11 heteroatoms. The molecule has 3 amide bonds. The Morgan fingerprint density at radius 2 is 2.07 bits per heavy atom. The van der Waals surface area contributed by atoms with E-state index in [1.165, 1.54) is 10.6 Å². The van der Waals surface area contributed by atoms with Gasteiger partial charge in [0.05, 0.1) is 0 Å². The summed E-state index contributed by atoms with van der Waals surface area (Å²) in [5.41, 5.74) is 4.21. The number of amides is 3. The highest BCUT2D eigenvalue weighted by Gasteiger charge is 2.33. The zero-order chi connectivity index (χ0) is 20.8. The van der Waals surface area contributed by atoms with Crippen LogP contribution in [0.5, 0.6) is 5.88 Å². The second-order valence-corrected chi connectivity index (χ2v) is 8.05. The first kappa shape index (κ1) is 19.2. The lowest BCUT2D eigenvalue weighted by Crippen LogP contribution is -2.39. The second kappa shape index (κ2) is 7.07. The maximum Gasteiger partial charge on any atom is 0.317 e. The zero-order valence-electron chi connectivity index (χ0n) is 16.1. The number of rotatable bonds is 5. The Morgan fingerprint density at radius 1 is 1.38 bits per heavy atom. The van der Waals surface area contributed by atoms with Crippen LogP contribution in [0.3, 0.4) is 0 Å². The number of nitrogens with zero attached hydrogens (tertiary/aromatic N) is 3. The molecule has 4 rings (SSSR count). The van der Waals surface area contributed by atoms with Crippen LogP contribution in [-0.4, -0.2) is 50.5 Å². The summed E-state index contributed by atoms with van der Waals surface area (Å²) in [5.74, 6) is -1.14. The van der Waals surface area contributed by atoms with Gasteiger partial charge in [0.25, 0.3) is 11.5 Å². The average molecular weight is 404 g/mol. The van der Waals surface area contributed by atoms with E-state index in [-0.39, 0.29) is 28.5 Å². The highest BCUT2D eigenvalue weighted by molar-refractivity contribution is 5.96. The van der Waals surface area contributed by atoms with E-state index in [0.29, 0.717) is 19.8 Å². The zero-order valence-corrected chi connectivity index (χ0v) is 16.1. The Morgan fingerprint density at radius 3 is 2.69 bits per heavy atom. The molecule has 0 atom stereocenters. The molecule has 1 saturated heterocycles. The predicted octanol–water partition coefficient (Wildman–Crippen LogP) is 0.401. The van der Waals surface area contributed by atoms with Gasteiger partial charge in [0.15, 0.2) is 11.4 Å². The van der Waals surface area contributed by atoms with Crippen molar-refractivity contribution in [2.45, 2.75) is 45.2 Å². The van der Waals surface area contributed by atoms with E-state index in [0.717, 1.165) is 30.2 Å². The lowest BCUT2D eigenvalue weighted by molar-refractivity contribution is 0.0154.